The first-order valence-electron chi connectivity index (χ1n) is 5.23. The molecule has 2 aromatic heterocycles. The van der Waals surface area contributed by atoms with Crippen LogP contribution in [0.25, 0.3) is 22.5 Å². The van der Waals surface area contributed by atoms with Crippen molar-refractivity contribution < 1.29 is 4.42 Å². The van der Waals surface area contributed by atoms with E-state index in [1.54, 1.807) is 6.20 Å². The highest BCUT2D eigenvalue weighted by Crippen LogP contribution is 2.26. The predicted molar refractivity (Wildman–Crippen MR) is 63.2 cm³/mol. The van der Waals surface area contributed by atoms with Gasteiger partial charge in [0, 0.05) is 18.0 Å². The maximum Gasteiger partial charge on any atom is 0.243 e. The molecule has 0 amide bonds. The molecule has 0 aliphatic heterocycles. The molecule has 3 rings (SSSR count). The van der Waals surface area contributed by atoms with Crippen molar-refractivity contribution >= 4 is 10.9 Å². The minimum absolute atomic E-state index is 0.677. The summed E-state index contributed by atoms with van der Waals surface area (Å²) in [4.78, 5) is 4.25. The number of para-hydroxylation sites is 1. The highest BCUT2D eigenvalue weighted by molar-refractivity contribution is 5.85. The molecule has 0 saturated heterocycles. The number of aromatic nitrogens is 2. The third-order valence-electron chi connectivity index (χ3n) is 2.79. The van der Waals surface area contributed by atoms with E-state index in [1.807, 2.05) is 26.1 Å². The van der Waals surface area contributed by atoms with E-state index in [1.165, 1.54) is 10.9 Å². The van der Waals surface area contributed by atoms with Crippen LogP contribution in [0.4, 0.5) is 0 Å². The van der Waals surface area contributed by atoms with E-state index in [2.05, 4.69) is 27.8 Å². The van der Waals surface area contributed by atoms with Gasteiger partial charge in [-0.3, -0.25) is 0 Å². The Bertz CT molecular complexity index is 649. The van der Waals surface area contributed by atoms with Gasteiger partial charge >= 0.3 is 0 Å². The number of hydrogen-bond donors (Lipinski definition) is 0. The van der Waals surface area contributed by atoms with E-state index in [-0.39, 0.29) is 0 Å². The first-order chi connectivity index (χ1) is 7.75. The quantitative estimate of drug-likeness (QED) is 0.620. The first-order valence-corrected chi connectivity index (χ1v) is 5.23. The molecule has 16 heavy (non-hydrogen) atoms. The van der Waals surface area contributed by atoms with Gasteiger partial charge in [0.05, 0.1) is 6.20 Å². The van der Waals surface area contributed by atoms with Crippen LogP contribution in [-0.2, 0) is 7.05 Å². The minimum atomic E-state index is 0.677. The molecule has 3 nitrogen and oxygen atoms in total. The molecule has 3 heteroatoms. The lowest BCUT2D eigenvalue weighted by Gasteiger charge is -1.99. The summed E-state index contributed by atoms with van der Waals surface area (Å²) in [6.45, 7) is 1.90. The van der Waals surface area contributed by atoms with Crippen molar-refractivity contribution in [2.45, 2.75) is 6.92 Å². The van der Waals surface area contributed by atoms with Crippen molar-refractivity contribution in [3.05, 3.63) is 42.3 Å². The molecule has 0 saturated carbocycles. The Morgan fingerprint density at radius 1 is 1.25 bits per heavy atom. The van der Waals surface area contributed by atoms with Crippen LogP contribution in [0.1, 0.15) is 5.76 Å². The third kappa shape index (κ3) is 1.25. The lowest BCUT2D eigenvalue weighted by Crippen LogP contribution is -1.90. The van der Waals surface area contributed by atoms with Gasteiger partial charge in [-0.2, -0.15) is 0 Å². The number of nitrogens with zero attached hydrogens (tertiary/aromatic N) is 2. The zero-order valence-corrected chi connectivity index (χ0v) is 9.27. The van der Waals surface area contributed by atoms with Crippen LogP contribution in [0.5, 0.6) is 0 Å². The van der Waals surface area contributed by atoms with Crippen molar-refractivity contribution in [3.63, 3.8) is 0 Å². The fourth-order valence-electron chi connectivity index (χ4n) is 1.97. The van der Waals surface area contributed by atoms with E-state index in [0.29, 0.717) is 5.89 Å². The first kappa shape index (κ1) is 9.21. The highest BCUT2D eigenvalue weighted by Gasteiger charge is 2.11. The molecule has 3 aromatic rings. The molecule has 0 radical (unpaired) electrons. The van der Waals surface area contributed by atoms with Gasteiger partial charge in [-0.15, -0.1) is 0 Å². The number of aryl methyl sites for hydroxylation is 2. The molecule has 2 heterocycles. The maximum absolute atomic E-state index is 5.55. The number of oxazole rings is 1. The van der Waals surface area contributed by atoms with Crippen LogP contribution < -0.4 is 0 Å². The Balaban J connectivity index is 2.28. The Hall–Kier alpha value is -2.03. The summed E-state index contributed by atoms with van der Waals surface area (Å²) in [5.41, 5.74) is 2.20. The largest absolute Gasteiger partial charge is 0.440 e. The van der Waals surface area contributed by atoms with E-state index in [4.69, 9.17) is 4.42 Å². The average Bonchev–Trinajstić information content (AvgIpc) is 2.84. The zero-order chi connectivity index (χ0) is 11.1. The second-order valence-electron chi connectivity index (χ2n) is 3.92. The maximum atomic E-state index is 5.55. The molecule has 0 spiro atoms. The monoisotopic (exact) mass is 212 g/mol. The summed E-state index contributed by atoms with van der Waals surface area (Å²) in [6, 6.07) is 10.4. The van der Waals surface area contributed by atoms with Gasteiger partial charge in [-0.25, -0.2) is 4.98 Å². The van der Waals surface area contributed by atoms with Crippen LogP contribution in [0.15, 0.2) is 40.9 Å². The van der Waals surface area contributed by atoms with Crippen molar-refractivity contribution in [2.24, 2.45) is 7.05 Å². The van der Waals surface area contributed by atoms with E-state index < -0.39 is 0 Å². The predicted octanol–water partition coefficient (Wildman–Crippen LogP) is 3.14. The summed E-state index contributed by atoms with van der Waals surface area (Å²) in [7, 11) is 2.02. The number of benzene rings is 1. The Morgan fingerprint density at radius 2 is 2.06 bits per heavy atom. The van der Waals surface area contributed by atoms with Crippen molar-refractivity contribution in [2.75, 3.05) is 0 Å². The molecule has 0 bridgehead atoms. The summed E-state index contributed by atoms with van der Waals surface area (Å²) < 4.78 is 7.65. The van der Waals surface area contributed by atoms with Crippen LogP contribution in [-0.4, -0.2) is 9.55 Å². The lowest BCUT2D eigenvalue weighted by molar-refractivity contribution is 0.538. The van der Waals surface area contributed by atoms with Crippen LogP contribution in [0, 0.1) is 6.92 Å². The molecule has 80 valence electrons. The fourth-order valence-corrected chi connectivity index (χ4v) is 1.97. The van der Waals surface area contributed by atoms with E-state index >= 15 is 0 Å². The van der Waals surface area contributed by atoms with Crippen molar-refractivity contribution in [1.82, 2.24) is 9.55 Å². The van der Waals surface area contributed by atoms with Crippen LogP contribution >= 0.6 is 0 Å². The standard InChI is InChI=1S/C13H12N2O/c1-9-8-14-13(16-9)12-7-10-5-3-4-6-11(10)15(12)2/h3-8H,1-2H3. The van der Waals surface area contributed by atoms with Gasteiger partial charge in [0.25, 0.3) is 0 Å². The molecule has 0 aliphatic carbocycles. The average molecular weight is 212 g/mol. The molecular formula is C13H12N2O. The molecule has 0 N–H and O–H groups in total. The van der Waals surface area contributed by atoms with Gasteiger partial charge in [-0.05, 0) is 19.1 Å². The van der Waals surface area contributed by atoms with Crippen LogP contribution in [0.3, 0.4) is 0 Å². The fraction of sp³-hybridized carbons (Fsp3) is 0.154. The topological polar surface area (TPSA) is 31.0 Å². The van der Waals surface area contributed by atoms with Gasteiger partial charge in [0.15, 0.2) is 0 Å². The lowest BCUT2D eigenvalue weighted by atomic mass is 10.2. The smallest absolute Gasteiger partial charge is 0.243 e. The second-order valence-corrected chi connectivity index (χ2v) is 3.92. The van der Waals surface area contributed by atoms with Gasteiger partial charge in [0.2, 0.25) is 5.89 Å². The minimum Gasteiger partial charge on any atom is -0.440 e. The van der Waals surface area contributed by atoms with E-state index in [0.717, 1.165) is 11.5 Å². The van der Waals surface area contributed by atoms with Gasteiger partial charge < -0.3 is 8.98 Å². The molecule has 0 fully saturated rings. The normalized spacial score (nSPS) is 11.1. The number of rotatable bonds is 1. The van der Waals surface area contributed by atoms with Gasteiger partial charge in [-0.1, -0.05) is 18.2 Å². The zero-order valence-electron chi connectivity index (χ0n) is 9.27. The Kier molecular flexibility index (Phi) is 1.86. The molecule has 0 unspecified atom stereocenters. The van der Waals surface area contributed by atoms with Gasteiger partial charge in [0.1, 0.15) is 11.5 Å². The SMILES string of the molecule is Cc1cnc(-c2cc3ccccc3n2C)o1. The highest BCUT2D eigenvalue weighted by atomic mass is 16.4. The summed E-state index contributed by atoms with van der Waals surface area (Å²) in [5, 5.41) is 1.20. The van der Waals surface area contributed by atoms with Crippen LogP contribution in [0.2, 0.25) is 0 Å². The number of fused-ring (bicyclic) bond motifs is 1. The molecular weight excluding hydrogens is 200 g/mol. The Labute approximate surface area is 93.3 Å². The third-order valence-corrected chi connectivity index (χ3v) is 2.79. The van der Waals surface area contributed by atoms with Crippen molar-refractivity contribution in [1.29, 1.82) is 0 Å². The summed E-state index contributed by atoms with van der Waals surface area (Å²) in [5.74, 6) is 1.51. The summed E-state index contributed by atoms with van der Waals surface area (Å²) in [6.07, 6.45) is 1.74. The second kappa shape index (κ2) is 3.23. The molecule has 0 aliphatic rings. The van der Waals surface area contributed by atoms with Crippen molar-refractivity contribution in [3.8, 4) is 11.6 Å². The molecule has 1 aromatic carbocycles. The summed E-state index contributed by atoms with van der Waals surface area (Å²) >= 11 is 0. The van der Waals surface area contributed by atoms with E-state index in [9.17, 15) is 0 Å². The number of hydrogen-bond acceptors (Lipinski definition) is 2. The molecule has 0 atom stereocenters. The Morgan fingerprint density at radius 3 is 2.75 bits per heavy atom.